The van der Waals surface area contributed by atoms with Crippen molar-refractivity contribution in [1.82, 2.24) is 4.90 Å². The average Bonchev–Trinajstić information content (AvgIpc) is 2.78. The molecule has 186 valence electrons. The van der Waals surface area contributed by atoms with Gasteiger partial charge in [-0.2, -0.15) is 0 Å². The van der Waals surface area contributed by atoms with Crippen molar-refractivity contribution in [2.45, 2.75) is 70.3 Å². The summed E-state index contributed by atoms with van der Waals surface area (Å²) < 4.78 is 19.8. The number of benzene rings is 1. The summed E-state index contributed by atoms with van der Waals surface area (Å²) in [6.45, 7) is 5.49. The summed E-state index contributed by atoms with van der Waals surface area (Å²) in [6.07, 6.45) is 15.0. The summed E-state index contributed by atoms with van der Waals surface area (Å²) in [7, 11) is 1.98. The van der Waals surface area contributed by atoms with Crippen molar-refractivity contribution in [3.63, 3.8) is 0 Å². The molecule has 0 unspecified atom stereocenters. The lowest BCUT2D eigenvalue weighted by Crippen LogP contribution is -2.17. The first-order chi connectivity index (χ1) is 16.0. The lowest BCUT2D eigenvalue weighted by atomic mass is 10.0. The van der Waals surface area contributed by atoms with Crippen LogP contribution in [0.2, 0.25) is 0 Å². The number of alkyl halides is 1. The molecule has 6 heteroatoms. The number of carbonyl (C=O) groups excluding carboxylic acids is 1. The highest BCUT2D eigenvalue weighted by Gasteiger charge is 2.15. The number of Topliss-reactive ketones (excluding diaryl/α,β-unsaturated/α-hetero) is 1. The van der Waals surface area contributed by atoms with Gasteiger partial charge in [0.05, 0.1) is 6.10 Å². The number of aliphatic hydroxyl groups is 1. The molecule has 0 heterocycles. The molecule has 0 bridgehead atoms. The van der Waals surface area contributed by atoms with Gasteiger partial charge < -0.3 is 9.84 Å². The molecule has 0 spiro atoms. The molecule has 0 aliphatic rings. The number of likely N-dealkylation sites (N-methyl/N-ethyl adjacent to an activating group) is 1. The van der Waals surface area contributed by atoms with Crippen LogP contribution in [0.25, 0.3) is 0 Å². The Labute approximate surface area is 208 Å². The number of aliphatic hydroxyl groups excluding tert-OH is 1. The van der Waals surface area contributed by atoms with E-state index in [0.29, 0.717) is 6.42 Å². The van der Waals surface area contributed by atoms with Crippen LogP contribution < -0.4 is 4.74 Å². The molecule has 1 atom stereocenters. The number of ether oxygens (including phenoxy) is 1. The van der Waals surface area contributed by atoms with Crippen molar-refractivity contribution in [1.29, 1.82) is 0 Å². The molecular weight excluding hydrogens is 485 g/mol. The van der Waals surface area contributed by atoms with Crippen LogP contribution in [0.4, 0.5) is 4.39 Å². The number of nitrogens with zero attached hydrogens (tertiary/aromatic N) is 1. The maximum absolute atomic E-state index is 14.3. The Kier molecular flexibility index (Phi) is 16.9. The standard InChI is InChI=1S/C27H41BrFNO3/c1-3-18-30(2)19-12-13-20-33-27-16-15-23(21-25(27)29)26(32)22-24(31)14-10-8-6-4-5-7-9-11-17-28/h3,12-13,15-16,21,24,31H,1,4-11,14,17-20,22H2,2H3/b13-12+/t24-/m0/s1. The molecule has 0 radical (unpaired) electrons. The van der Waals surface area contributed by atoms with Crippen LogP contribution in [0, 0.1) is 5.82 Å². The van der Waals surface area contributed by atoms with Crippen LogP contribution in [0.3, 0.4) is 0 Å². The smallest absolute Gasteiger partial charge is 0.165 e. The fourth-order valence-corrected chi connectivity index (χ4v) is 3.91. The van der Waals surface area contributed by atoms with Gasteiger partial charge in [0.25, 0.3) is 0 Å². The Bertz CT molecular complexity index is 711. The van der Waals surface area contributed by atoms with Crippen LogP contribution in [-0.4, -0.2) is 54.0 Å². The highest BCUT2D eigenvalue weighted by atomic mass is 79.9. The monoisotopic (exact) mass is 525 g/mol. The molecule has 0 aromatic heterocycles. The number of unbranched alkanes of at least 4 members (excludes halogenated alkanes) is 7. The largest absolute Gasteiger partial charge is 0.486 e. The minimum absolute atomic E-state index is 0.0210. The molecule has 0 fully saturated rings. The molecule has 0 aliphatic carbocycles. The zero-order valence-electron chi connectivity index (χ0n) is 20.1. The number of ketones is 1. The average molecular weight is 527 g/mol. The quantitative estimate of drug-likeness (QED) is 0.0887. The second kappa shape index (κ2) is 18.9. The van der Waals surface area contributed by atoms with Gasteiger partial charge in [0, 0.05) is 30.4 Å². The highest BCUT2D eigenvalue weighted by Crippen LogP contribution is 2.20. The SMILES string of the molecule is C=CCN(C)C/C=C/COc1ccc(C(=O)C[C@@H](O)CCCCCCCCCCBr)cc1F. The minimum atomic E-state index is -0.681. The molecular formula is C27H41BrFNO3. The summed E-state index contributed by atoms with van der Waals surface area (Å²) >= 11 is 3.45. The second-order valence-electron chi connectivity index (χ2n) is 8.52. The van der Waals surface area contributed by atoms with Gasteiger partial charge in [-0.3, -0.25) is 9.69 Å². The van der Waals surface area contributed by atoms with Crippen molar-refractivity contribution in [2.24, 2.45) is 0 Å². The third kappa shape index (κ3) is 14.4. The van der Waals surface area contributed by atoms with Crippen molar-refractivity contribution < 1.29 is 19.0 Å². The van der Waals surface area contributed by atoms with Gasteiger partial charge in [0.2, 0.25) is 0 Å². The molecule has 4 nitrogen and oxygen atoms in total. The molecule has 33 heavy (non-hydrogen) atoms. The van der Waals surface area contributed by atoms with Crippen LogP contribution >= 0.6 is 15.9 Å². The maximum atomic E-state index is 14.3. The summed E-state index contributed by atoms with van der Waals surface area (Å²) in [5.74, 6) is -0.697. The Morgan fingerprint density at radius 3 is 2.42 bits per heavy atom. The van der Waals surface area contributed by atoms with E-state index in [1.54, 1.807) is 6.07 Å². The summed E-state index contributed by atoms with van der Waals surface area (Å²) in [5.41, 5.74) is 0.268. The first-order valence-corrected chi connectivity index (χ1v) is 13.2. The van der Waals surface area contributed by atoms with E-state index >= 15 is 0 Å². The fourth-order valence-electron chi connectivity index (χ4n) is 3.52. The number of halogens is 2. The number of hydrogen-bond acceptors (Lipinski definition) is 4. The summed E-state index contributed by atoms with van der Waals surface area (Å²) in [6, 6.07) is 4.23. The van der Waals surface area contributed by atoms with Crippen LogP contribution in [-0.2, 0) is 0 Å². The molecule has 1 N–H and O–H groups in total. The number of hydrogen-bond donors (Lipinski definition) is 1. The first kappa shape index (κ1) is 29.5. The summed E-state index contributed by atoms with van der Waals surface area (Å²) in [4.78, 5) is 14.5. The Hall–Kier alpha value is -1.50. The third-order valence-electron chi connectivity index (χ3n) is 5.46. The maximum Gasteiger partial charge on any atom is 0.165 e. The van der Waals surface area contributed by atoms with Gasteiger partial charge in [-0.05, 0) is 38.1 Å². The van der Waals surface area contributed by atoms with E-state index in [9.17, 15) is 14.3 Å². The second-order valence-corrected chi connectivity index (χ2v) is 9.32. The van der Waals surface area contributed by atoms with Gasteiger partial charge in [-0.15, -0.1) is 6.58 Å². The third-order valence-corrected chi connectivity index (χ3v) is 6.02. The molecule has 1 aromatic rings. The van der Waals surface area contributed by atoms with Crippen LogP contribution in [0.5, 0.6) is 5.75 Å². The van der Waals surface area contributed by atoms with E-state index < -0.39 is 11.9 Å². The van der Waals surface area contributed by atoms with Gasteiger partial charge in [-0.25, -0.2) is 4.39 Å². The van der Waals surface area contributed by atoms with E-state index in [4.69, 9.17) is 4.74 Å². The predicted octanol–water partition coefficient (Wildman–Crippen LogP) is 6.72. The van der Waals surface area contributed by atoms with Gasteiger partial charge >= 0.3 is 0 Å². The lowest BCUT2D eigenvalue weighted by molar-refractivity contribution is 0.0863. The van der Waals surface area contributed by atoms with Crippen molar-refractivity contribution in [3.05, 3.63) is 54.4 Å². The number of rotatable bonds is 20. The van der Waals surface area contributed by atoms with Crippen molar-refractivity contribution in [3.8, 4) is 5.75 Å². The normalized spacial score (nSPS) is 12.4. The van der Waals surface area contributed by atoms with Crippen LogP contribution in [0.15, 0.2) is 43.0 Å². The molecule has 0 amide bonds. The van der Waals surface area contributed by atoms with Gasteiger partial charge in [0.1, 0.15) is 6.61 Å². The molecule has 0 saturated heterocycles. The Balaban J connectivity index is 2.28. The Morgan fingerprint density at radius 1 is 1.12 bits per heavy atom. The zero-order valence-corrected chi connectivity index (χ0v) is 21.7. The van der Waals surface area contributed by atoms with E-state index in [2.05, 4.69) is 27.4 Å². The molecule has 0 saturated carbocycles. The van der Waals surface area contributed by atoms with Gasteiger partial charge in [0.15, 0.2) is 17.3 Å². The number of carbonyl (C=O) groups is 1. The highest BCUT2D eigenvalue weighted by molar-refractivity contribution is 9.09. The predicted molar refractivity (Wildman–Crippen MR) is 139 cm³/mol. The molecule has 1 rings (SSSR count). The fraction of sp³-hybridized carbons (Fsp3) is 0.593. The molecule has 0 aliphatic heterocycles. The van der Waals surface area contributed by atoms with Gasteiger partial charge in [-0.1, -0.05) is 79.1 Å². The van der Waals surface area contributed by atoms with E-state index in [1.165, 1.54) is 50.7 Å². The first-order valence-electron chi connectivity index (χ1n) is 12.1. The van der Waals surface area contributed by atoms with Crippen molar-refractivity contribution in [2.75, 3.05) is 32.1 Å². The van der Waals surface area contributed by atoms with Crippen LogP contribution in [0.1, 0.15) is 74.6 Å². The summed E-state index contributed by atoms with van der Waals surface area (Å²) in [5, 5.41) is 11.3. The lowest BCUT2D eigenvalue weighted by Gasteiger charge is -2.11. The molecule has 1 aromatic carbocycles. The minimum Gasteiger partial charge on any atom is -0.486 e. The zero-order chi connectivity index (χ0) is 24.3. The van der Waals surface area contributed by atoms with E-state index in [1.807, 2.05) is 25.3 Å². The van der Waals surface area contributed by atoms with E-state index in [0.717, 1.165) is 31.3 Å². The van der Waals surface area contributed by atoms with E-state index in [-0.39, 0.29) is 30.1 Å². The Morgan fingerprint density at radius 2 is 1.79 bits per heavy atom. The topological polar surface area (TPSA) is 49.8 Å². The van der Waals surface area contributed by atoms with Crippen molar-refractivity contribution >= 4 is 21.7 Å².